The summed E-state index contributed by atoms with van der Waals surface area (Å²) >= 11 is 5.91. The van der Waals surface area contributed by atoms with Crippen molar-refractivity contribution in [3.8, 4) is 11.5 Å². The van der Waals surface area contributed by atoms with Crippen LogP contribution in [0.3, 0.4) is 0 Å². The number of rotatable bonds is 3. The van der Waals surface area contributed by atoms with Crippen molar-refractivity contribution in [1.82, 2.24) is 15.5 Å². The summed E-state index contributed by atoms with van der Waals surface area (Å²) in [5, 5.41) is 12.0. The van der Waals surface area contributed by atoms with Gasteiger partial charge in [0.05, 0.1) is 0 Å². The summed E-state index contributed by atoms with van der Waals surface area (Å²) in [6.45, 7) is 5.58. The molecule has 1 fully saturated rings. The molecule has 0 atom stereocenters. The topological polar surface area (TPSA) is 77.2 Å². The van der Waals surface area contributed by atoms with Crippen molar-refractivity contribution in [2.45, 2.75) is 64.0 Å². The van der Waals surface area contributed by atoms with Crippen molar-refractivity contribution in [2.75, 3.05) is 0 Å². The molecule has 2 aromatic rings. The quantitative estimate of drug-likeness (QED) is 0.819. The third-order valence-electron chi connectivity index (χ3n) is 4.33. The number of nitrogens with zero attached hydrogens (tertiary/aromatic N) is 2. The second kappa shape index (κ2) is 7.66. The van der Waals surface area contributed by atoms with Crippen molar-refractivity contribution in [2.24, 2.45) is 0 Å². The molecular weight excluding hydrogens is 354 g/mol. The number of alkyl carbamates (subject to hydrolysis) is 1. The molecule has 0 aliphatic heterocycles. The first-order valence-electron chi connectivity index (χ1n) is 8.89. The Kier molecular flexibility index (Phi) is 5.51. The molecule has 7 heteroatoms. The van der Waals surface area contributed by atoms with Gasteiger partial charge in [-0.15, -0.1) is 10.2 Å². The predicted molar refractivity (Wildman–Crippen MR) is 99.1 cm³/mol. The van der Waals surface area contributed by atoms with Crippen LogP contribution in [0.5, 0.6) is 0 Å². The molecule has 3 rings (SSSR count). The fourth-order valence-corrected chi connectivity index (χ4v) is 3.19. The highest BCUT2D eigenvalue weighted by atomic mass is 35.5. The Balaban J connectivity index is 1.54. The van der Waals surface area contributed by atoms with E-state index in [-0.39, 0.29) is 18.1 Å². The molecule has 1 saturated carbocycles. The van der Waals surface area contributed by atoms with E-state index in [1.807, 2.05) is 32.9 Å². The minimum atomic E-state index is -0.483. The minimum absolute atomic E-state index is 0.125. The van der Waals surface area contributed by atoms with Crippen LogP contribution in [0.2, 0.25) is 5.02 Å². The smallest absolute Gasteiger partial charge is 0.407 e. The number of hydrogen-bond donors (Lipinski definition) is 1. The lowest BCUT2D eigenvalue weighted by Gasteiger charge is -2.28. The Morgan fingerprint density at radius 1 is 1.15 bits per heavy atom. The second-order valence-electron chi connectivity index (χ2n) is 7.65. The van der Waals surface area contributed by atoms with Gasteiger partial charge in [0.15, 0.2) is 0 Å². The number of amides is 1. The monoisotopic (exact) mass is 377 g/mol. The van der Waals surface area contributed by atoms with Crippen molar-refractivity contribution in [3.05, 3.63) is 35.2 Å². The molecule has 0 radical (unpaired) electrons. The summed E-state index contributed by atoms with van der Waals surface area (Å²) in [6, 6.07) is 7.45. The first kappa shape index (κ1) is 18.7. The normalized spacial score (nSPS) is 20.6. The molecule has 1 heterocycles. The first-order valence-corrected chi connectivity index (χ1v) is 9.27. The van der Waals surface area contributed by atoms with E-state index in [0.29, 0.717) is 16.8 Å². The van der Waals surface area contributed by atoms with Crippen LogP contribution in [0, 0.1) is 0 Å². The number of carbonyl (C=O) groups is 1. The van der Waals surface area contributed by atoms with Crippen LogP contribution >= 0.6 is 11.6 Å². The Morgan fingerprint density at radius 3 is 2.42 bits per heavy atom. The lowest BCUT2D eigenvalue weighted by molar-refractivity contribution is 0.0490. The van der Waals surface area contributed by atoms with Gasteiger partial charge in [-0.05, 0) is 70.7 Å². The fraction of sp³-hybridized carbons (Fsp3) is 0.526. The predicted octanol–water partition coefficient (Wildman–Crippen LogP) is 4.94. The summed E-state index contributed by atoms with van der Waals surface area (Å²) in [6.07, 6.45) is 3.15. The zero-order valence-electron chi connectivity index (χ0n) is 15.3. The summed E-state index contributed by atoms with van der Waals surface area (Å²) in [5.41, 5.74) is 0.372. The Labute approximate surface area is 158 Å². The lowest BCUT2D eigenvalue weighted by atomic mass is 9.86. The molecule has 1 aromatic carbocycles. The molecule has 0 unspecified atom stereocenters. The van der Waals surface area contributed by atoms with Gasteiger partial charge >= 0.3 is 6.09 Å². The molecule has 0 saturated heterocycles. The SMILES string of the molecule is CC(C)(C)OC(=O)N[C@H]1CC[C@H](c2nnc(-c3ccc(Cl)cc3)o2)CC1. The van der Waals surface area contributed by atoms with Crippen LogP contribution < -0.4 is 5.32 Å². The van der Waals surface area contributed by atoms with Crippen LogP contribution in [-0.4, -0.2) is 27.9 Å². The zero-order valence-corrected chi connectivity index (χ0v) is 16.0. The highest BCUT2D eigenvalue weighted by molar-refractivity contribution is 6.30. The van der Waals surface area contributed by atoms with Gasteiger partial charge in [-0.25, -0.2) is 4.79 Å². The molecule has 1 aromatic heterocycles. The number of carbonyl (C=O) groups excluding carboxylic acids is 1. The largest absolute Gasteiger partial charge is 0.444 e. The highest BCUT2D eigenvalue weighted by Crippen LogP contribution is 2.33. The fourth-order valence-electron chi connectivity index (χ4n) is 3.07. The maximum atomic E-state index is 11.9. The third-order valence-corrected chi connectivity index (χ3v) is 4.58. The van der Waals surface area contributed by atoms with Gasteiger partial charge in [-0.2, -0.15) is 0 Å². The highest BCUT2D eigenvalue weighted by Gasteiger charge is 2.28. The molecule has 0 spiro atoms. The van der Waals surface area contributed by atoms with E-state index in [9.17, 15) is 4.79 Å². The van der Waals surface area contributed by atoms with Gasteiger partial charge in [0, 0.05) is 22.5 Å². The summed E-state index contributed by atoms with van der Waals surface area (Å²) in [5.74, 6) is 1.39. The van der Waals surface area contributed by atoms with E-state index in [0.717, 1.165) is 31.2 Å². The van der Waals surface area contributed by atoms with Gasteiger partial charge in [0.1, 0.15) is 5.60 Å². The van der Waals surface area contributed by atoms with E-state index in [1.165, 1.54) is 0 Å². The first-order chi connectivity index (χ1) is 12.3. The molecule has 26 heavy (non-hydrogen) atoms. The third kappa shape index (κ3) is 4.97. The van der Waals surface area contributed by atoms with Crippen molar-refractivity contribution < 1.29 is 13.9 Å². The van der Waals surface area contributed by atoms with Gasteiger partial charge in [-0.1, -0.05) is 11.6 Å². The standard InChI is InChI=1S/C19H24ClN3O3/c1-19(2,3)26-18(24)21-15-10-6-13(7-11-15)17-23-22-16(25-17)12-4-8-14(20)9-5-12/h4-5,8-9,13,15H,6-7,10-11H2,1-3H3,(H,21,24)/t13-,15-. The zero-order chi connectivity index (χ0) is 18.7. The summed E-state index contributed by atoms with van der Waals surface area (Å²) in [7, 11) is 0. The van der Waals surface area contributed by atoms with Gasteiger partial charge in [-0.3, -0.25) is 0 Å². The number of aromatic nitrogens is 2. The number of ether oxygens (including phenoxy) is 1. The molecule has 0 bridgehead atoms. The van der Waals surface area contributed by atoms with E-state index >= 15 is 0 Å². The maximum Gasteiger partial charge on any atom is 0.407 e. The Morgan fingerprint density at radius 2 is 1.81 bits per heavy atom. The van der Waals surface area contributed by atoms with Crippen molar-refractivity contribution in [3.63, 3.8) is 0 Å². The second-order valence-corrected chi connectivity index (χ2v) is 8.08. The number of nitrogens with one attached hydrogen (secondary N) is 1. The average molecular weight is 378 g/mol. The minimum Gasteiger partial charge on any atom is -0.444 e. The van der Waals surface area contributed by atoms with E-state index in [1.54, 1.807) is 12.1 Å². The van der Waals surface area contributed by atoms with Crippen LogP contribution in [0.25, 0.3) is 11.5 Å². The molecular formula is C19H24ClN3O3. The number of hydrogen-bond acceptors (Lipinski definition) is 5. The molecule has 1 amide bonds. The van der Waals surface area contributed by atoms with Crippen molar-refractivity contribution >= 4 is 17.7 Å². The van der Waals surface area contributed by atoms with Crippen molar-refractivity contribution in [1.29, 1.82) is 0 Å². The van der Waals surface area contributed by atoms with Crippen LogP contribution in [-0.2, 0) is 4.74 Å². The number of halogens is 1. The van der Waals surface area contributed by atoms with Crippen LogP contribution in [0.15, 0.2) is 28.7 Å². The molecule has 1 aliphatic carbocycles. The van der Waals surface area contributed by atoms with Crippen LogP contribution in [0.1, 0.15) is 58.3 Å². The van der Waals surface area contributed by atoms with E-state index < -0.39 is 5.60 Å². The maximum absolute atomic E-state index is 11.9. The molecule has 1 N–H and O–H groups in total. The number of benzene rings is 1. The molecule has 1 aliphatic rings. The molecule has 6 nitrogen and oxygen atoms in total. The Hall–Kier alpha value is -2.08. The van der Waals surface area contributed by atoms with Gasteiger partial charge < -0.3 is 14.5 Å². The molecule has 140 valence electrons. The Bertz CT molecular complexity index is 744. The summed E-state index contributed by atoms with van der Waals surface area (Å²) < 4.78 is 11.2. The van der Waals surface area contributed by atoms with Gasteiger partial charge in [0.25, 0.3) is 0 Å². The summed E-state index contributed by atoms with van der Waals surface area (Å²) in [4.78, 5) is 11.9. The average Bonchev–Trinajstić information content (AvgIpc) is 3.04. The van der Waals surface area contributed by atoms with Crippen LogP contribution in [0.4, 0.5) is 4.79 Å². The van der Waals surface area contributed by atoms with E-state index in [2.05, 4.69) is 15.5 Å². The van der Waals surface area contributed by atoms with E-state index in [4.69, 9.17) is 20.8 Å². The lowest BCUT2D eigenvalue weighted by Crippen LogP contribution is -2.40. The van der Waals surface area contributed by atoms with Gasteiger partial charge in [0.2, 0.25) is 11.8 Å².